The van der Waals surface area contributed by atoms with Crippen LogP contribution < -0.4 is 0 Å². The molecular formula is C18H30O2. The summed E-state index contributed by atoms with van der Waals surface area (Å²) in [5.41, 5.74) is 0. The largest absolute Gasteiger partial charge is 0.481 e. The van der Waals surface area contributed by atoms with Crippen molar-refractivity contribution < 1.29 is 9.90 Å². The van der Waals surface area contributed by atoms with Crippen molar-refractivity contribution in [3.63, 3.8) is 0 Å². The summed E-state index contributed by atoms with van der Waals surface area (Å²) in [6.45, 7) is 2.23. The number of aliphatic carboxylic acids is 1. The Morgan fingerprint density at radius 1 is 0.800 bits per heavy atom. The fourth-order valence-corrected chi connectivity index (χ4v) is 1.83. The first-order chi connectivity index (χ1) is 9.77. The molecule has 0 aromatic carbocycles. The number of allylic oxidation sites excluding steroid dienone is 6. The molecule has 0 amide bonds. The predicted molar refractivity (Wildman–Crippen MR) is 86.9 cm³/mol. The van der Waals surface area contributed by atoms with E-state index in [-0.39, 0.29) is 6.42 Å². The fraction of sp³-hybridized carbons (Fsp3) is 0.611. The molecule has 0 fully saturated rings. The molecule has 2 nitrogen and oxygen atoms in total. The third-order valence-corrected chi connectivity index (χ3v) is 3.04. The van der Waals surface area contributed by atoms with Gasteiger partial charge in [0, 0.05) is 6.42 Å². The molecule has 114 valence electrons. The van der Waals surface area contributed by atoms with Gasteiger partial charge < -0.3 is 5.11 Å². The van der Waals surface area contributed by atoms with E-state index in [1.54, 1.807) is 0 Å². The van der Waals surface area contributed by atoms with Gasteiger partial charge in [-0.1, -0.05) is 56.2 Å². The standard InChI is InChI=1S/C18H30O2/c1-2-3-4-5-6-7-8-9-10-11-12-13-14-15-16-17-18(19)20/h6-7,12-15H,2-5,8-11,16-17H2,1H3,(H,19,20)/b7-6+,13-12+,15-14+. The first-order valence-corrected chi connectivity index (χ1v) is 7.95. The van der Waals surface area contributed by atoms with E-state index in [1.807, 2.05) is 18.2 Å². The van der Waals surface area contributed by atoms with Gasteiger partial charge in [0.1, 0.15) is 0 Å². The van der Waals surface area contributed by atoms with Crippen molar-refractivity contribution in [2.24, 2.45) is 0 Å². The lowest BCUT2D eigenvalue weighted by atomic mass is 10.1. The lowest BCUT2D eigenvalue weighted by Crippen LogP contribution is -1.91. The number of carboxylic acids is 1. The Morgan fingerprint density at radius 2 is 1.30 bits per heavy atom. The minimum absolute atomic E-state index is 0.217. The Morgan fingerprint density at radius 3 is 1.85 bits per heavy atom. The van der Waals surface area contributed by atoms with Crippen molar-refractivity contribution >= 4 is 5.97 Å². The molecule has 0 aromatic rings. The minimum Gasteiger partial charge on any atom is -0.481 e. The highest BCUT2D eigenvalue weighted by Crippen LogP contribution is 2.04. The Labute approximate surface area is 124 Å². The topological polar surface area (TPSA) is 37.3 Å². The number of carboxylic acid groups (broad SMARTS) is 1. The van der Waals surface area contributed by atoms with E-state index in [1.165, 1.54) is 44.9 Å². The van der Waals surface area contributed by atoms with Crippen LogP contribution in [0.3, 0.4) is 0 Å². The van der Waals surface area contributed by atoms with Crippen LogP contribution in [0.1, 0.15) is 71.1 Å². The average molecular weight is 278 g/mol. The third-order valence-electron chi connectivity index (χ3n) is 3.04. The SMILES string of the molecule is CCCCC/C=C/CCCC/C=C/C=C/CCC(=O)O. The van der Waals surface area contributed by atoms with Crippen LogP contribution in [0, 0.1) is 0 Å². The van der Waals surface area contributed by atoms with Gasteiger partial charge in [-0.2, -0.15) is 0 Å². The maximum Gasteiger partial charge on any atom is 0.303 e. The Hall–Kier alpha value is -1.31. The van der Waals surface area contributed by atoms with Gasteiger partial charge in [0.2, 0.25) is 0 Å². The van der Waals surface area contributed by atoms with Crippen molar-refractivity contribution in [2.45, 2.75) is 71.1 Å². The van der Waals surface area contributed by atoms with E-state index in [2.05, 4.69) is 25.2 Å². The van der Waals surface area contributed by atoms with Crippen LogP contribution in [0.25, 0.3) is 0 Å². The Balaban J connectivity index is 3.28. The summed E-state index contributed by atoms with van der Waals surface area (Å²) >= 11 is 0. The van der Waals surface area contributed by atoms with Crippen LogP contribution in [0.5, 0.6) is 0 Å². The molecule has 0 radical (unpaired) electrons. The van der Waals surface area contributed by atoms with Gasteiger partial charge in [0.25, 0.3) is 0 Å². The Bertz CT molecular complexity index is 301. The number of rotatable bonds is 13. The second kappa shape index (κ2) is 15.7. The van der Waals surface area contributed by atoms with Crippen molar-refractivity contribution in [3.8, 4) is 0 Å². The lowest BCUT2D eigenvalue weighted by Gasteiger charge is -1.94. The molecule has 0 heterocycles. The van der Waals surface area contributed by atoms with Crippen LogP contribution in [0.15, 0.2) is 36.5 Å². The molecule has 0 aliphatic carbocycles. The van der Waals surface area contributed by atoms with Crippen molar-refractivity contribution in [1.82, 2.24) is 0 Å². The van der Waals surface area contributed by atoms with E-state index >= 15 is 0 Å². The number of hydrogen-bond donors (Lipinski definition) is 1. The van der Waals surface area contributed by atoms with E-state index in [0.29, 0.717) is 6.42 Å². The number of unbranched alkanes of at least 4 members (excludes halogenated alkanes) is 6. The highest BCUT2D eigenvalue weighted by molar-refractivity contribution is 5.66. The molecule has 0 aromatic heterocycles. The zero-order chi connectivity index (χ0) is 14.9. The first kappa shape index (κ1) is 18.7. The molecule has 0 aliphatic heterocycles. The quantitative estimate of drug-likeness (QED) is 0.268. The summed E-state index contributed by atoms with van der Waals surface area (Å²) in [5.74, 6) is -0.735. The molecule has 0 atom stereocenters. The zero-order valence-corrected chi connectivity index (χ0v) is 12.9. The summed E-state index contributed by atoms with van der Waals surface area (Å²) < 4.78 is 0. The molecule has 0 rings (SSSR count). The van der Waals surface area contributed by atoms with Gasteiger partial charge in [-0.15, -0.1) is 0 Å². The molecule has 0 unspecified atom stereocenters. The maximum absolute atomic E-state index is 10.3. The highest BCUT2D eigenvalue weighted by Gasteiger charge is 1.90. The van der Waals surface area contributed by atoms with Gasteiger partial charge in [-0.25, -0.2) is 0 Å². The van der Waals surface area contributed by atoms with Crippen LogP contribution in [0.2, 0.25) is 0 Å². The first-order valence-electron chi connectivity index (χ1n) is 7.95. The second-order valence-electron chi connectivity index (χ2n) is 5.04. The smallest absolute Gasteiger partial charge is 0.303 e. The minimum atomic E-state index is -0.735. The van der Waals surface area contributed by atoms with Gasteiger partial charge in [-0.3, -0.25) is 4.79 Å². The van der Waals surface area contributed by atoms with Crippen molar-refractivity contribution in [3.05, 3.63) is 36.5 Å². The second-order valence-corrected chi connectivity index (χ2v) is 5.04. The third kappa shape index (κ3) is 16.7. The van der Waals surface area contributed by atoms with Crippen molar-refractivity contribution in [1.29, 1.82) is 0 Å². The van der Waals surface area contributed by atoms with Crippen LogP contribution in [-0.2, 0) is 4.79 Å². The van der Waals surface area contributed by atoms with Crippen LogP contribution >= 0.6 is 0 Å². The molecule has 20 heavy (non-hydrogen) atoms. The highest BCUT2D eigenvalue weighted by atomic mass is 16.4. The molecule has 1 N–H and O–H groups in total. The molecular weight excluding hydrogens is 248 g/mol. The summed E-state index contributed by atoms with van der Waals surface area (Å²) in [5, 5.41) is 8.46. The van der Waals surface area contributed by atoms with Crippen molar-refractivity contribution in [2.75, 3.05) is 0 Å². The van der Waals surface area contributed by atoms with Gasteiger partial charge in [0.15, 0.2) is 0 Å². The number of carbonyl (C=O) groups is 1. The van der Waals surface area contributed by atoms with Gasteiger partial charge in [-0.05, 0) is 44.9 Å². The summed E-state index contributed by atoms with van der Waals surface area (Å²) in [4.78, 5) is 10.3. The van der Waals surface area contributed by atoms with E-state index in [0.717, 1.165) is 6.42 Å². The van der Waals surface area contributed by atoms with Crippen LogP contribution in [-0.4, -0.2) is 11.1 Å². The van der Waals surface area contributed by atoms with E-state index in [9.17, 15) is 4.79 Å². The normalized spacial score (nSPS) is 12.1. The summed E-state index contributed by atoms with van der Waals surface area (Å²) in [6, 6.07) is 0. The molecule has 2 heteroatoms. The molecule has 0 spiro atoms. The summed E-state index contributed by atoms with van der Waals surface area (Å²) in [6.07, 6.45) is 23.4. The van der Waals surface area contributed by atoms with E-state index < -0.39 is 5.97 Å². The molecule has 0 aliphatic rings. The fourth-order valence-electron chi connectivity index (χ4n) is 1.83. The summed E-state index contributed by atoms with van der Waals surface area (Å²) in [7, 11) is 0. The lowest BCUT2D eigenvalue weighted by molar-refractivity contribution is -0.136. The predicted octanol–water partition coefficient (Wildman–Crippen LogP) is 5.66. The monoisotopic (exact) mass is 278 g/mol. The average Bonchev–Trinajstić information content (AvgIpc) is 2.43. The maximum atomic E-state index is 10.3. The molecule has 0 saturated carbocycles. The molecule has 0 bridgehead atoms. The number of hydrogen-bond acceptors (Lipinski definition) is 1. The van der Waals surface area contributed by atoms with Crippen LogP contribution in [0.4, 0.5) is 0 Å². The van der Waals surface area contributed by atoms with Gasteiger partial charge in [0.05, 0.1) is 0 Å². The van der Waals surface area contributed by atoms with E-state index in [4.69, 9.17) is 5.11 Å². The van der Waals surface area contributed by atoms with Gasteiger partial charge >= 0.3 is 5.97 Å². The zero-order valence-electron chi connectivity index (χ0n) is 12.9. The molecule has 0 saturated heterocycles. The Kier molecular flexibility index (Phi) is 14.7.